The van der Waals surface area contributed by atoms with Crippen LogP contribution in [0.15, 0.2) is 36.5 Å². The summed E-state index contributed by atoms with van der Waals surface area (Å²) >= 11 is 2.54. The maximum atomic E-state index is 14.8. The van der Waals surface area contributed by atoms with Crippen molar-refractivity contribution in [2.24, 2.45) is 0 Å². The number of anilines is 1. The Morgan fingerprint density at radius 1 is 1.14 bits per heavy atom. The number of aromatic nitrogens is 3. The Balaban J connectivity index is 1.30. The molecule has 2 aliphatic rings. The molecule has 12 heteroatoms. The molecule has 6 nitrogen and oxygen atoms in total. The van der Waals surface area contributed by atoms with E-state index in [1.807, 2.05) is 36.6 Å². The summed E-state index contributed by atoms with van der Waals surface area (Å²) in [6.07, 6.45) is 0.998. The van der Waals surface area contributed by atoms with Crippen molar-refractivity contribution >= 4 is 29.2 Å². The average Bonchev–Trinajstić information content (AvgIpc) is 3.31. The van der Waals surface area contributed by atoms with E-state index in [2.05, 4.69) is 24.6 Å². The molecule has 0 atom stereocenters. The van der Waals surface area contributed by atoms with Gasteiger partial charge in [0, 0.05) is 25.0 Å². The van der Waals surface area contributed by atoms with Crippen LogP contribution in [-0.2, 0) is 17.5 Å². The average molecular weight is 554 g/mol. The number of hydrogen-bond acceptors (Lipinski definition) is 8. The summed E-state index contributed by atoms with van der Waals surface area (Å²) in [4.78, 5) is 11.8. The van der Waals surface area contributed by atoms with Crippen LogP contribution in [0.2, 0.25) is 0 Å². The van der Waals surface area contributed by atoms with Crippen molar-refractivity contribution in [1.29, 1.82) is 0 Å². The Labute approximate surface area is 221 Å². The fourth-order valence-electron chi connectivity index (χ4n) is 4.52. The van der Waals surface area contributed by atoms with E-state index >= 15 is 0 Å². The minimum atomic E-state index is -4.73. The zero-order valence-electron chi connectivity index (χ0n) is 20.2. The molecule has 5 rings (SSSR count). The number of thiazole rings is 1. The van der Waals surface area contributed by atoms with Gasteiger partial charge in [0.2, 0.25) is 5.95 Å². The first-order valence-corrected chi connectivity index (χ1v) is 14.1. The van der Waals surface area contributed by atoms with Crippen LogP contribution in [0.5, 0.6) is 0 Å². The van der Waals surface area contributed by atoms with Gasteiger partial charge in [-0.05, 0) is 37.5 Å². The molecule has 1 N–H and O–H groups in total. The number of alkyl halides is 3. The fourth-order valence-corrected chi connectivity index (χ4v) is 6.30. The monoisotopic (exact) mass is 553 g/mol. The minimum Gasteiger partial charge on any atom is -0.373 e. The number of piperidine rings is 1. The molecule has 2 fully saturated rings. The van der Waals surface area contributed by atoms with Gasteiger partial charge in [0.05, 0.1) is 28.8 Å². The van der Waals surface area contributed by atoms with Gasteiger partial charge in [0.1, 0.15) is 5.69 Å². The smallest absolute Gasteiger partial charge is 0.373 e. The van der Waals surface area contributed by atoms with E-state index < -0.39 is 17.7 Å². The van der Waals surface area contributed by atoms with Crippen LogP contribution in [0.25, 0.3) is 10.6 Å². The first kappa shape index (κ1) is 26.3. The van der Waals surface area contributed by atoms with Crippen LogP contribution in [0, 0.1) is 5.82 Å². The number of nitrogens with zero attached hydrogens (tertiary/aromatic N) is 4. The first-order valence-electron chi connectivity index (χ1n) is 12.1. The SMILES string of the molecule is CSN1CCC(Nc2ncc(F)c(-c3sc(C4CC(OCc5ccccc5)C4)nc3C(F)(F)F)n2)CC1. The largest absolute Gasteiger partial charge is 0.434 e. The molecule has 1 saturated heterocycles. The topological polar surface area (TPSA) is 63.2 Å². The van der Waals surface area contributed by atoms with Gasteiger partial charge in [-0.15, -0.1) is 11.3 Å². The van der Waals surface area contributed by atoms with Crippen LogP contribution in [0.1, 0.15) is 47.9 Å². The number of nitrogens with one attached hydrogen (secondary N) is 1. The third kappa shape index (κ3) is 6.24. The van der Waals surface area contributed by atoms with Gasteiger partial charge in [0.15, 0.2) is 11.5 Å². The van der Waals surface area contributed by atoms with Gasteiger partial charge < -0.3 is 10.1 Å². The zero-order chi connectivity index (χ0) is 26.0. The number of benzene rings is 1. The molecule has 3 heterocycles. The maximum Gasteiger partial charge on any atom is 0.434 e. The predicted octanol–water partition coefficient (Wildman–Crippen LogP) is 6.38. The third-order valence-corrected chi connectivity index (χ3v) is 8.80. The quantitative estimate of drug-likeness (QED) is 0.257. The first-order chi connectivity index (χ1) is 17.8. The van der Waals surface area contributed by atoms with Crippen LogP contribution in [-0.4, -0.2) is 50.7 Å². The zero-order valence-corrected chi connectivity index (χ0v) is 21.8. The van der Waals surface area contributed by atoms with Crippen molar-refractivity contribution in [2.45, 2.75) is 56.5 Å². The lowest BCUT2D eigenvalue weighted by Gasteiger charge is -2.33. The van der Waals surface area contributed by atoms with Gasteiger partial charge >= 0.3 is 6.18 Å². The van der Waals surface area contributed by atoms with E-state index in [0.717, 1.165) is 49.0 Å². The van der Waals surface area contributed by atoms with E-state index in [0.29, 0.717) is 24.5 Å². The number of rotatable bonds is 8. The summed E-state index contributed by atoms with van der Waals surface area (Å²) in [6, 6.07) is 9.79. The molecule has 1 aliphatic carbocycles. The van der Waals surface area contributed by atoms with Crippen molar-refractivity contribution in [3.63, 3.8) is 0 Å². The Kier molecular flexibility index (Phi) is 7.99. The van der Waals surface area contributed by atoms with E-state index in [4.69, 9.17) is 4.74 Å². The molecule has 0 amide bonds. The second kappa shape index (κ2) is 11.2. The molecular weight excluding hydrogens is 526 g/mol. The normalized spacial score (nSPS) is 21.1. The molecule has 37 heavy (non-hydrogen) atoms. The highest BCUT2D eigenvalue weighted by Crippen LogP contribution is 2.47. The van der Waals surface area contributed by atoms with Crippen molar-refractivity contribution < 1.29 is 22.3 Å². The van der Waals surface area contributed by atoms with E-state index in [1.54, 1.807) is 11.9 Å². The van der Waals surface area contributed by atoms with Gasteiger partial charge in [0.25, 0.3) is 0 Å². The van der Waals surface area contributed by atoms with Crippen molar-refractivity contribution in [2.75, 3.05) is 24.7 Å². The summed E-state index contributed by atoms with van der Waals surface area (Å²) < 4.78 is 64.7. The highest BCUT2D eigenvalue weighted by atomic mass is 32.2. The molecule has 0 bridgehead atoms. The molecule has 0 radical (unpaired) electrons. The second-order valence-corrected chi connectivity index (χ2v) is 11.1. The lowest BCUT2D eigenvalue weighted by Crippen LogP contribution is -2.35. The number of hydrogen-bond donors (Lipinski definition) is 1. The van der Waals surface area contributed by atoms with Crippen molar-refractivity contribution in [3.8, 4) is 10.6 Å². The van der Waals surface area contributed by atoms with Crippen LogP contribution < -0.4 is 5.32 Å². The second-order valence-electron chi connectivity index (χ2n) is 9.23. The highest BCUT2D eigenvalue weighted by molar-refractivity contribution is 7.96. The Hall–Kier alpha value is -2.28. The number of ether oxygens (including phenoxy) is 1. The Bertz CT molecular complexity index is 1200. The van der Waals surface area contributed by atoms with E-state index in [1.165, 1.54) is 0 Å². The molecule has 1 aromatic carbocycles. The summed E-state index contributed by atoms with van der Waals surface area (Å²) in [7, 11) is 0. The number of halogens is 4. The summed E-state index contributed by atoms with van der Waals surface area (Å²) in [6.45, 7) is 2.20. The van der Waals surface area contributed by atoms with Gasteiger partial charge in [-0.25, -0.2) is 19.3 Å². The van der Waals surface area contributed by atoms with Gasteiger partial charge in [-0.3, -0.25) is 4.31 Å². The molecule has 1 aliphatic heterocycles. The van der Waals surface area contributed by atoms with Crippen LogP contribution >= 0.6 is 23.3 Å². The predicted molar refractivity (Wildman–Crippen MR) is 137 cm³/mol. The standard InChI is InChI=1S/C25H27F4N5OS2/c1-36-34-9-7-17(8-10-34)31-24-30-13-19(26)20(32-24)21-22(25(27,28)29)33-23(37-21)16-11-18(12-16)35-14-15-5-3-2-4-6-15/h2-6,13,16-18H,7-12,14H2,1H3,(H,30,31,32). The highest BCUT2D eigenvalue weighted by Gasteiger charge is 2.42. The fraction of sp³-hybridized carbons (Fsp3) is 0.480. The molecule has 0 unspecified atom stereocenters. The van der Waals surface area contributed by atoms with Crippen molar-refractivity contribution in [3.05, 3.63) is 58.6 Å². The lowest BCUT2D eigenvalue weighted by atomic mass is 9.83. The van der Waals surface area contributed by atoms with Crippen LogP contribution in [0.4, 0.5) is 23.5 Å². The summed E-state index contributed by atoms with van der Waals surface area (Å²) in [5.74, 6) is -0.939. The summed E-state index contributed by atoms with van der Waals surface area (Å²) in [5.41, 5.74) is -0.426. The Morgan fingerprint density at radius 3 is 2.54 bits per heavy atom. The van der Waals surface area contributed by atoms with E-state index in [9.17, 15) is 17.6 Å². The lowest BCUT2D eigenvalue weighted by molar-refractivity contribution is -0.140. The Morgan fingerprint density at radius 2 is 1.86 bits per heavy atom. The van der Waals surface area contributed by atoms with E-state index in [-0.39, 0.29) is 34.6 Å². The summed E-state index contributed by atoms with van der Waals surface area (Å²) in [5, 5.41) is 3.50. The molecule has 1 saturated carbocycles. The van der Waals surface area contributed by atoms with Crippen LogP contribution in [0.3, 0.4) is 0 Å². The molecule has 0 spiro atoms. The van der Waals surface area contributed by atoms with Gasteiger partial charge in [-0.2, -0.15) is 13.2 Å². The van der Waals surface area contributed by atoms with Gasteiger partial charge in [-0.1, -0.05) is 42.3 Å². The minimum absolute atomic E-state index is 0.0454. The molecular formula is C25H27F4N5OS2. The third-order valence-electron chi connectivity index (χ3n) is 6.69. The van der Waals surface area contributed by atoms with Crippen molar-refractivity contribution in [1.82, 2.24) is 19.3 Å². The molecule has 3 aromatic rings. The molecule has 2 aromatic heterocycles. The molecule has 198 valence electrons. The maximum absolute atomic E-state index is 14.8.